The van der Waals surface area contributed by atoms with Crippen LogP contribution >= 0.6 is 0 Å². The van der Waals surface area contributed by atoms with Gasteiger partial charge in [0.1, 0.15) is 11.4 Å². The van der Waals surface area contributed by atoms with Gasteiger partial charge in [-0.15, -0.1) is 0 Å². The zero-order chi connectivity index (χ0) is 16.2. The van der Waals surface area contributed by atoms with E-state index in [-0.39, 0.29) is 0 Å². The van der Waals surface area contributed by atoms with E-state index in [0.717, 1.165) is 25.3 Å². The topological polar surface area (TPSA) is 76.8 Å². The molecule has 6 nitrogen and oxygen atoms in total. The van der Waals surface area contributed by atoms with Gasteiger partial charge in [0.05, 0.1) is 6.61 Å². The van der Waals surface area contributed by atoms with Crippen LogP contribution in [0, 0.1) is 0 Å². The number of alkyl carbamates (subject to hydrolysis) is 1. The van der Waals surface area contributed by atoms with Crippen molar-refractivity contribution >= 4 is 6.09 Å². The van der Waals surface area contributed by atoms with Crippen LogP contribution < -0.4 is 15.9 Å². The van der Waals surface area contributed by atoms with Crippen LogP contribution in [0.15, 0.2) is 18.2 Å². The predicted octanol–water partition coefficient (Wildman–Crippen LogP) is 2.17. The Labute approximate surface area is 131 Å². The van der Waals surface area contributed by atoms with E-state index in [2.05, 4.69) is 11.4 Å². The lowest BCUT2D eigenvalue weighted by atomic mass is 10.1. The van der Waals surface area contributed by atoms with Crippen LogP contribution in [0.5, 0.6) is 5.75 Å². The molecule has 1 heterocycles. The van der Waals surface area contributed by atoms with Crippen LogP contribution in [-0.4, -0.2) is 29.9 Å². The van der Waals surface area contributed by atoms with E-state index in [9.17, 15) is 4.79 Å². The number of nitrogens with one attached hydrogen (secondary N) is 1. The number of hydrogen-bond donors (Lipinski definition) is 2. The maximum atomic E-state index is 11.5. The van der Waals surface area contributed by atoms with E-state index >= 15 is 0 Å². The minimum atomic E-state index is -0.470. The third-order valence-corrected chi connectivity index (χ3v) is 3.18. The van der Waals surface area contributed by atoms with Crippen LogP contribution in [0.25, 0.3) is 0 Å². The molecular weight excluding hydrogens is 282 g/mol. The first-order chi connectivity index (χ1) is 10.3. The summed E-state index contributed by atoms with van der Waals surface area (Å²) in [5, 5.41) is 4.49. The van der Waals surface area contributed by atoms with E-state index in [1.807, 2.05) is 32.9 Å². The van der Waals surface area contributed by atoms with Gasteiger partial charge in [-0.05, 0) is 50.5 Å². The first-order valence-electron chi connectivity index (χ1n) is 7.54. The first kappa shape index (κ1) is 16.6. The molecule has 6 heteroatoms. The van der Waals surface area contributed by atoms with Crippen LogP contribution in [-0.2, 0) is 17.8 Å². The van der Waals surface area contributed by atoms with Gasteiger partial charge in [-0.3, -0.25) is 5.84 Å². The highest BCUT2D eigenvalue weighted by atomic mass is 16.6. The second-order valence-electron chi connectivity index (χ2n) is 6.47. The number of nitrogens with zero attached hydrogens (tertiary/aromatic N) is 1. The minimum Gasteiger partial charge on any atom is -0.494 e. The van der Waals surface area contributed by atoms with Gasteiger partial charge in [-0.2, -0.15) is 0 Å². The third kappa shape index (κ3) is 5.20. The molecule has 0 radical (unpaired) electrons. The molecule has 1 aliphatic rings. The van der Waals surface area contributed by atoms with Crippen molar-refractivity contribution in [1.29, 1.82) is 0 Å². The Bertz CT molecular complexity index is 526. The Hall–Kier alpha value is -1.79. The predicted molar refractivity (Wildman–Crippen MR) is 84.2 cm³/mol. The van der Waals surface area contributed by atoms with Crippen LogP contribution in [0.3, 0.4) is 0 Å². The van der Waals surface area contributed by atoms with E-state index in [0.29, 0.717) is 13.2 Å². The molecule has 0 fully saturated rings. The number of hydrogen-bond acceptors (Lipinski definition) is 5. The molecule has 1 aromatic rings. The molecule has 0 unspecified atom stereocenters. The molecule has 0 aromatic heterocycles. The summed E-state index contributed by atoms with van der Waals surface area (Å²) in [7, 11) is 0. The van der Waals surface area contributed by atoms with Crippen LogP contribution in [0.1, 0.15) is 38.3 Å². The Kier molecular flexibility index (Phi) is 5.26. The molecule has 1 aliphatic heterocycles. The lowest BCUT2D eigenvalue weighted by molar-refractivity contribution is 0.0525. The summed E-state index contributed by atoms with van der Waals surface area (Å²) in [6, 6.07) is 6.04. The second-order valence-corrected chi connectivity index (χ2v) is 6.47. The molecule has 1 aromatic carbocycles. The third-order valence-electron chi connectivity index (χ3n) is 3.18. The van der Waals surface area contributed by atoms with Gasteiger partial charge in [-0.1, -0.05) is 6.07 Å². The largest absolute Gasteiger partial charge is 0.494 e. The molecular formula is C16H25N3O3. The number of carbonyl (C=O) groups excluding carboxylic acids is 1. The molecule has 0 bridgehead atoms. The van der Waals surface area contributed by atoms with Gasteiger partial charge in [0.25, 0.3) is 0 Å². The van der Waals surface area contributed by atoms with Crippen molar-refractivity contribution in [1.82, 2.24) is 10.3 Å². The molecule has 2 rings (SSSR count). The first-order valence-corrected chi connectivity index (χ1v) is 7.54. The number of carbonyl (C=O) groups is 1. The van der Waals surface area contributed by atoms with Crippen molar-refractivity contribution in [3.8, 4) is 5.75 Å². The minimum absolute atomic E-state index is 0.395. The summed E-state index contributed by atoms with van der Waals surface area (Å²) in [5.74, 6) is 6.63. The van der Waals surface area contributed by atoms with Gasteiger partial charge >= 0.3 is 6.09 Å². The molecule has 122 valence electrons. The van der Waals surface area contributed by atoms with E-state index < -0.39 is 11.7 Å². The molecule has 0 aliphatic carbocycles. The molecule has 1 amide bonds. The zero-order valence-corrected chi connectivity index (χ0v) is 13.5. The summed E-state index contributed by atoms with van der Waals surface area (Å²) in [6.07, 6.45) is 0.326. The van der Waals surface area contributed by atoms with Crippen molar-refractivity contribution in [2.45, 2.75) is 45.9 Å². The maximum Gasteiger partial charge on any atom is 0.407 e. The molecule has 0 spiro atoms. The highest BCUT2D eigenvalue weighted by molar-refractivity contribution is 5.67. The summed E-state index contributed by atoms with van der Waals surface area (Å²) in [4.78, 5) is 11.5. The van der Waals surface area contributed by atoms with E-state index in [1.165, 1.54) is 11.1 Å². The van der Waals surface area contributed by atoms with E-state index in [1.54, 1.807) is 5.01 Å². The van der Waals surface area contributed by atoms with Gasteiger partial charge in [0.15, 0.2) is 0 Å². The lowest BCUT2D eigenvalue weighted by Gasteiger charge is -2.19. The molecule has 0 atom stereocenters. The fraction of sp³-hybridized carbons (Fsp3) is 0.562. The smallest absolute Gasteiger partial charge is 0.407 e. The Balaban J connectivity index is 1.65. The van der Waals surface area contributed by atoms with E-state index in [4.69, 9.17) is 15.3 Å². The number of amides is 1. The monoisotopic (exact) mass is 307 g/mol. The molecule has 22 heavy (non-hydrogen) atoms. The molecule has 0 saturated carbocycles. The average molecular weight is 307 g/mol. The van der Waals surface area contributed by atoms with Gasteiger partial charge < -0.3 is 14.8 Å². The Morgan fingerprint density at radius 3 is 2.77 bits per heavy atom. The molecule has 0 saturated heterocycles. The zero-order valence-electron chi connectivity index (χ0n) is 13.5. The number of hydrazine groups is 1. The fourth-order valence-corrected chi connectivity index (χ4v) is 2.25. The van der Waals surface area contributed by atoms with Gasteiger partial charge in [0, 0.05) is 19.6 Å². The second kappa shape index (κ2) is 6.98. The average Bonchev–Trinajstić information content (AvgIpc) is 2.75. The standard InChI is InChI=1S/C16H25N3O3/c1-16(2,3)22-15(20)18-7-4-8-21-14-6-5-12-10-19(17)11-13(12)9-14/h5-6,9H,4,7-8,10-11,17H2,1-3H3,(H,18,20). The lowest BCUT2D eigenvalue weighted by Crippen LogP contribution is -2.33. The quantitative estimate of drug-likeness (QED) is 0.644. The summed E-state index contributed by atoms with van der Waals surface area (Å²) in [5.41, 5.74) is 2.00. The fourth-order valence-electron chi connectivity index (χ4n) is 2.25. The Morgan fingerprint density at radius 1 is 1.32 bits per heavy atom. The van der Waals surface area contributed by atoms with Crippen LogP contribution in [0.4, 0.5) is 4.79 Å². The number of ether oxygens (including phenoxy) is 2. The normalized spacial score (nSPS) is 14.5. The molecule has 3 N–H and O–H groups in total. The number of fused-ring (bicyclic) bond motifs is 1. The van der Waals surface area contributed by atoms with Crippen molar-refractivity contribution in [2.75, 3.05) is 13.2 Å². The number of benzene rings is 1. The SMILES string of the molecule is CC(C)(C)OC(=O)NCCCOc1ccc2c(c1)CN(N)C2. The number of rotatable bonds is 5. The Morgan fingerprint density at radius 2 is 2.05 bits per heavy atom. The highest BCUT2D eigenvalue weighted by Crippen LogP contribution is 2.24. The van der Waals surface area contributed by atoms with Crippen molar-refractivity contribution in [2.24, 2.45) is 5.84 Å². The van der Waals surface area contributed by atoms with Crippen molar-refractivity contribution in [3.63, 3.8) is 0 Å². The van der Waals surface area contributed by atoms with Crippen molar-refractivity contribution < 1.29 is 14.3 Å². The maximum absolute atomic E-state index is 11.5. The van der Waals surface area contributed by atoms with Gasteiger partial charge in [-0.25, -0.2) is 9.80 Å². The summed E-state index contributed by atoms with van der Waals surface area (Å²) < 4.78 is 10.9. The van der Waals surface area contributed by atoms with Gasteiger partial charge in [0.2, 0.25) is 0 Å². The van der Waals surface area contributed by atoms with Crippen LogP contribution in [0.2, 0.25) is 0 Å². The van der Waals surface area contributed by atoms with Crippen molar-refractivity contribution in [3.05, 3.63) is 29.3 Å². The number of nitrogens with two attached hydrogens (primary N) is 1. The highest BCUT2D eigenvalue weighted by Gasteiger charge is 2.17. The summed E-state index contributed by atoms with van der Waals surface area (Å²) in [6.45, 7) is 8.13. The summed E-state index contributed by atoms with van der Waals surface area (Å²) >= 11 is 0.